The van der Waals surface area contributed by atoms with Crippen molar-refractivity contribution in [3.63, 3.8) is 0 Å². The Balaban J connectivity index is 2.15. The van der Waals surface area contributed by atoms with Gasteiger partial charge in [-0.3, -0.25) is 0 Å². The van der Waals surface area contributed by atoms with Gasteiger partial charge < -0.3 is 10.5 Å². The van der Waals surface area contributed by atoms with Crippen LogP contribution in [0.4, 0.5) is 0 Å². The van der Waals surface area contributed by atoms with Crippen molar-refractivity contribution < 1.29 is 4.74 Å². The molecule has 0 saturated heterocycles. The number of ether oxygens (including phenoxy) is 1. The van der Waals surface area contributed by atoms with Crippen LogP contribution >= 0.6 is 15.9 Å². The van der Waals surface area contributed by atoms with E-state index in [1.807, 2.05) is 18.2 Å². The van der Waals surface area contributed by atoms with E-state index < -0.39 is 0 Å². The van der Waals surface area contributed by atoms with E-state index in [1.54, 1.807) is 7.11 Å². The van der Waals surface area contributed by atoms with Gasteiger partial charge in [0.15, 0.2) is 0 Å². The fourth-order valence-electron chi connectivity index (χ4n) is 2.16. The van der Waals surface area contributed by atoms with Crippen LogP contribution < -0.4 is 10.5 Å². The summed E-state index contributed by atoms with van der Waals surface area (Å²) in [5.41, 5.74) is 8.46. The molecule has 1 atom stereocenters. The molecule has 19 heavy (non-hydrogen) atoms. The lowest BCUT2D eigenvalue weighted by molar-refractivity contribution is 0.414. The molecular weight excluding hydrogens is 302 g/mol. The average Bonchev–Trinajstić information content (AvgIpc) is 2.45. The third-order valence-corrected chi connectivity index (χ3v) is 3.74. The number of nitrogens with two attached hydrogens (primary N) is 1. The zero-order chi connectivity index (χ0) is 13.7. The first-order valence-corrected chi connectivity index (χ1v) is 7.10. The van der Waals surface area contributed by atoms with Crippen LogP contribution in [0.15, 0.2) is 53.0 Å². The molecule has 0 radical (unpaired) electrons. The Kier molecular flexibility index (Phi) is 5.00. The predicted octanol–water partition coefficient (Wildman–Crippen LogP) is 3.74. The summed E-state index contributed by atoms with van der Waals surface area (Å²) in [5, 5.41) is 0. The van der Waals surface area contributed by atoms with E-state index in [-0.39, 0.29) is 0 Å². The van der Waals surface area contributed by atoms with Crippen molar-refractivity contribution in [2.24, 2.45) is 5.73 Å². The maximum Gasteiger partial charge on any atom is 0.118 e. The van der Waals surface area contributed by atoms with Gasteiger partial charge >= 0.3 is 0 Å². The number of methoxy groups -OCH3 is 1. The molecule has 2 rings (SSSR count). The first kappa shape index (κ1) is 14.1. The average molecular weight is 320 g/mol. The smallest absolute Gasteiger partial charge is 0.118 e. The van der Waals surface area contributed by atoms with Crippen molar-refractivity contribution >= 4 is 15.9 Å². The molecule has 0 saturated carbocycles. The molecule has 0 spiro atoms. The number of halogens is 1. The summed E-state index contributed by atoms with van der Waals surface area (Å²) in [4.78, 5) is 0. The lowest BCUT2D eigenvalue weighted by Crippen LogP contribution is -2.15. The highest BCUT2D eigenvalue weighted by Gasteiger charge is 2.11. The van der Waals surface area contributed by atoms with Crippen molar-refractivity contribution in [2.45, 2.75) is 12.3 Å². The zero-order valence-electron chi connectivity index (χ0n) is 11.0. The quantitative estimate of drug-likeness (QED) is 0.911. The first-order chi connectivity index (χ1) is 9.22. The molecule has 0 amide bonds. The van der Waals surface area contributed by atoms with Gasteiger partial charge in [0.05, 0.1) is 7.11 Å². The number of rotatable bonds is 5. The molecule has 0 aliphatic heterocycles. The minimum Gasteiger partial charge on any atom is -0.497 e. The Morgan fingerprint density at radius 1 is 1.16 bits per heavy atom. The topological polar surface area (TPSA) is 35.2 Å². The van der Waals surface area contributed by atoms with E-state index in [2.05, 4.69) is 46.3 Å². The monoisotopic (exact) mass is 319 g/mol. The number of hydrogen-bond donors (Lipinski definition) is 1. The van der Waals surface area contributed by atoms with Crippen LogP contribution in [0.2, 0.25) is 0 Å². The van der Waals surface area contributed by atoms with Gasteiger partial charge in [0.1, 0.15) is 5.75 Å². The summed E-state index contributed by atoms with van der Waals surface area (Å²) in [6, 6.07) is 16.5. The third-order valence-electron chi connectivity index (χ3n) is 3.24. The van der Waals surface area contributed by atoms with Gasteiger partial charge in [-0.15, -0.1) is 0 Å². The van der Waals surface area contributed by atoms with Crippen LogP contribution in [0.25, 0.3) is 0 Å². The van der Waals surface area contributed by atoms with Gasteiger partial charge in [0, 0.05) is 10.4 Å². The maximum absolute atomic E-state index is 5.92. The Labute approximate surface area is 122 Å². The molecule has 0 aliphatic carbocycles. The number of benzene rings is 2. The van der Waals surface area contributed by atoms with Gasteiger partial charge in [0.2, 0.25) is 0 Å². The Morgan fingerprint density at radius 3 is 2.47 bits per heavy atom. The van der Waals surface area contributed by atoms with E-state index >= 15 is 0 Å². The molecule has 0 heterocycles. The van der Waals surface area contributed by atoms with Gasteiger partial charge in [-0.25, -0.2) is 0 Å². The standard InChI is InChI=1S/C16H18BrNO/c1-19-16-7-5-13(6-8-16)14(11-18)9-12-3-2-4-15(17)10-12/h2-8,10,14H,9,11,18H2,1H3. The van der Waals surface area contributed by atoms with Crippen molar-refractivity contribution in [3.05, 3.63) is 64.1 Å². The van der Waals surface area contributed by atoms with E-state index in [0.717, 1.165) is 16.6 Å². The summed E-state index contributed by atoms with van der Waals surface area (Å²) in [6.07, 6.45) is 0.947. The van der Waals surface area contributed by atoms with Gasteiger partial charge in [0.25, 0.3) is 0 Å². The van der Waals surface area contributed by atoms with E-state index in [1.165, 1.54) is 11.1 Å². The second kappa shape index (κ2) is 6.73. The van der Waals surface area contributed by atoms with Crippen molar-refractivity contribution in [1.82, 2.24) is 0 Å². The lowest BCUT2D eigenvalue weighted by Gasteiger charge is -2.16. The fourth-order valence-corrected chi connectivity index (χ4v) is 2.61. The third kappa shape index (κ3) is 3.82. The van der Waals surface area contributed by atoms with E-state index in [0.29, 0.717) is 12.5 Å². The van der Waals surface area contributed by atoms with Crippen LogP contribution in [0.5, 0.6) is 5.75 Å². The highest BCUT2D eigenvalue weighted by molar-refractivity contribution is 9.10. The predicted molar refractivity (Wildman–Crippen MR) is 82.6 cm³/mol. The van der Waals surface area contributed by atoms with Crippen LogP contribution in [0.3, 0.4) is 0 Å². The van der Waals surface area contributed by atoms with Gasteiger partial charge in [-0.2, -0.15) is 0 Å². The van der Waals surface area contributed by atoms with Crippen molar-refractivity contribution in [1.29, 1.82) is 0 Å². The Hall–Kier alpha value is -1.32. The van der Waals surface area contributed by atoms with Crippen molar-refractivity contribution in [3.8, 4) is 5.75 Å². The second-order valence-electron chi connectivity index (χ2n) is 4.54. The van der Waals surface area contributed by atoms with Gasteiger partial charge in [-0.1, -0.05) is 40.2 Å². The Morgan fingerprint density at radius 2 is 1.89 bits per heavy atom. The fraction of sp³-hybridized carbons (Fsp3) is 0.250. The summed E-state index contributed by atoms with van der Waals surface area (Å²) < 4.78 is 6.29. The molecule has 0 fully saturated rings. The first-order valence-electron chi connectivity index (χ1n) is 6.31. The maximum atomic E-state index is 5.92. The molecule has 1 unspecified atom stereocenters. The van der Waals surface area contributed by atoms with E-state index in [9.17, 15) is 0 Å². The normalized spacial score (nSPS) is 12.2. The lowest BCUT2D eigenvalue weighted by atomic mass is 9.92. The molecule has 0 aromatic heterocycles. The minimum atomic E-state index is 0.334. The zero-order valence-corrected chi connectivity index (χ0v) is 12.6. The highest BCUT2D eigenvalue weighted by atomic mass is 79.9. The molecule has 0 aliphatic rings. The van der Waals surface area contributed by atoms with E-state index in [4.69, 9.17) is 10.5 Å². The van der Waals surface area contributed by atoms with Gasteiger partial charge in [-0.05, 0) is 48.4 Å². The molecule has 3 heteroatoms. The number of hydrogen-bond acceptors (Lipinski definition) is 2. The largest absolute Gasteiger partial charge is 0.497 e. The van der Waals surface area contributed by atoms with Crippen LogP contribution in [-0.2, 0) is 6.42 Å². The molecule has 0 bridgehead atoms. The summed E-state index contributed by atoms with van der Waals surface area (Å²) in [5.74, 6) is 1.21. The SMILES string of the molecule is COc1ccc(C(CN)Cc2cccc(Br)c2)cc1. The van der Waals surface area contributed by atoms with Crippen LogP contribution in [0, 0.1) is 0 Å². The second-order valence-corrected chi connectivity index (χ2v) is 5.46. The summed E-state index contributed by atoms with van der Waals surface area (Å²) >= 11 is 3.50. The molecule has 2 aromatic carbocycles. The minimum absolute atomic E-state index is 0.334. The summed E-state index contributed by atoms with van der Waals surface area (Å²) in [6.45, 7) is 0.638. The molecule has 2 nitrogen and oxygen atoms in total. The van der Waals surface area contributed by atoms with Crippen LogP contribution in [0.1, 0.15) is 17.0 Å². The molecule has 2 aromatic rings. The Bertz CT molecular complexity index is 525. The molecular formula is C16H18BrNO. The summed E-state index contributed by atoms with van der Waals surface area (Å²) in [7, 11) is 1.68. The molecule has 100 valence electrons. The van der Waals surface area contributed by atoms with Crippen molar-refractivity contribution in [2.75, 3.05) is 13.7 Å². The highest BCUT2D eigenvalue weighted by Crippen LogP contribution is 2.23. The van der Waals surface area contributed by atoms with Crippen LogP contribution in [-0.4, -0.2) is 13.7 Å². The molecule has 2 N–H and O–H groups in total.